The van der Waals surface area contributed by atoms with Crippen LogP contribution < -0.4 is 10.1 Å². The summed E-state index contributed by atoms with van der Waals surface area (Å²) in [6.07, 6.45) is -3.77. The topological polar surface area (TPSA) is 47.0 Å². The van der Waals surface area contributed by atoms with Crippen LogP contribution in [-0.4, -0.2) is 35.8 Å². The minimum atomic E-state index is -4.22. The lowest BCUT2D eigenvalue weighted by atomic mass is 10.1. The van der Waals surface area contributed by atoms with E-state index in [0.717, 1.165) is 30.8 Å². The molecular formula is C14H20F3N3O. The number of halogens is 3. The molecule has 1 aromatic rings. The van der Waals surface area contributed by atoms with Gasteiger partial charge < -0.3 is 10.1 Å². The molecule has 1 N–H and O–H groups in total. The van der Waals surface area contributed by atoms with E-state index in [0.29, 0.717) is 18.1 Å². The van der Waals surface area contributed by atoms with Crippen molar-refractivity contribution in [3.05, 3.63) is 17.1 Å². The maximum Gasteiger partial charge on any atom is 0.392 e. The van der Waals surface area contributed by atoms with Crippen LogP contribution in [0.15, 0.2) is 0 Å². The predicted octanol–water partition coefficient (Wildman–Crippen LogP) is 2.62. The smallest absolute Gasteiger partial charge is 0.392 e. The lowest BCUT2D eigenvalue weighted by molar-refractivity contribution is -0.139. The molecule has 2 rings (SSSR count). The van der Waals surface area contributed by atoms with Gasteiger partial charge in [0.25, 0.3) is 0 Å². The van der Waals surface area contributed by atoms with E-state index in [1.165, 1.54) is 0 Å². The molecule has 0 amide bonds. The summed E-state index contributed by atoms with van der Waals surface area (Å²) in [6, 6.07) is 0. The summed E-state index contributed by atoms with van der Waals surface area (Å²) in [5.74, 6) is 1.05. The molecule has 1 aliphatic heterocycles. The monoisotopic (exact) mass is 303 g/mol. The maximum atomic E-state index is 12.2. The van der Waals surface area contributed by atoms with E-state index < -0.39 is 19.2 Å². The number of nitrogens with one attached hydrogen (secondary N) is 1. The second-order valence-electron chi connectivity index (χ2n) is 5.43. The van der Waals surface area contributed by atoms with Crippen LogP contribution in [0.2, 0.25) is 0 Å². The van der Waals surface area contributed by atoms with Crippen LogP contribution in [0.25, 0.3) is 0 Å². The molecule has 1 aromatic heterocycles. The number of alkyl halides is 3. The summed E-state index contributed by atoms with van der Waals surface area (Å²) < 4.78 is 42.1. The van der Waals surface area contributed by atoms with Crippen molar-refractivity contribution >= 4 is 0 Å². The zero-order chi connectivity index (χ0) is 15.5. The molecule has 0 aliphatic carbocycles. The first-order valence-corrected chi connectivity index (χ1v) is 7.17. The zero-order valence-electron chi connectivity index (χ0n) is 12.3. The van der Waals surface area contributed by atoms with E-state index in [4.69, 9.17) is 4.74 Å². The fourth-order valence-corrected chi connectivity index (χ4v) is 2.17. The fourth-order valence-electron chi connectivity index (χ4n) is 2.17. The molecule has 118 valence electrons. The largest absolute Gasteiger partial charge is 0.477 e. The van der Waals surface area contributed by atoms with E-state index in [9.17, 15) is 13.2 Å². The molecule has 21 heavy (non-hydrogen) atoms. The Morgan fingerprint density at radius 2 is 1.90 bits per heavy atom. The Kier molecular flexibility index (Phi) is 5.03. The number of hydrogen-bond acceptors (Lipinski definition) is 4. The SMILES string of the molecule is CC(C)c1nc2c(c(OCCC(F)(F)F)n1)CCNCC2. The van der Waals surface area contributed by atoms with Gasteiger partial charge in [0.05, 0.1) is 18.7 Å². The molecule has 1 aliphatic rings. The van der Waals surface area contributed by atoms with Gasteiger partial charge in [0.15, 0.2) is 0 Å². The van der Waals surface area contributed by atoms with Gasteiger partial charge in [-0.05, 0) is 13.0 Å². The van der Waals surface area contributed by atoms with Crippen LogP contribution in [0, 0.1) is 0 Å². The Hall–Kier alpha value is -1.37. The third-order valence-electron chi connectivity index (χ3n) is 3.30. The van der Waals surface area contributed by atoms with Gasteiger partial charge in [-0.15, -0.1) is 0 Å². The molecule has 7 heteroatoms. The molecule has 0 saturated heterocycles. The number of aromatic nitrogens is 2. The predicted molar refractivity (Wildman–Crippen MR) is 72.6 cm³/mol. The van der Waals surface area contributed by atoms with Gasteiger partial charge in [-0.25, -0.2) is 4.98 Å². The van der Waals surface area contributed by atoms with Crippen LogP contribution in [0.3, 0.4) is 0 Å². The Bertz CT molecular complexity index is 489. The third kappa shape index (κ3) is 4.56. The highest BCUT2D eigenvalue weighted by molar-refractivity contribution is 5.33. The highest BCUT2D eigenvalue weighted by atomic mass is 19.4. The van der Waals surface area contributed by atoms with Gasteiger partial charge in [-0.1, -0.05) is 13.8 Å². The minimum absolute atomic E-state index is 0.108. The fraction of sp³-hybridized carbons (Fsp3) is 0.714. The van der Waals surface area contributed by atoms with Crippen molar-refractivity contribution in [1.29, 1.82) is 0 Å². The third-order valence-corrected chi connectivity index (χ3v) is 3.30. The van der Waals surface area contributed by atoms with Crippen molar-refractivity contribution in [2.75, 3.05) is 19.7 Å². The minimum Gasteiger partial charge on any atom is -0.477 e. The standard InChI is InChI=1S/C14H20F3N3O/c1-9(2)12-19-11-4-7-18-6-3-10(11)13(20-12)21-8-5-14(15,16)17/h9,18H,3-8H2,1-2H3. The van der Waals surface area contributed by atoms with E-state index in [1.807, 2.05) is 13.8 Å². The summed E-state index contributed by atoms with van der Waals surface area (Å²) in [6.45, 7) is 5.07. The van der Waals surface area contributed by atoms with Gasteiger partial charge >= 0.3 is 6.18 Å². The molecule has 0 fully saturated rings. The van der Waals surface area contributed by atoms with Crippen LogP contribution in [0.1, 0.15) is 43.3 Å². The number of fused-ring (bicyclic) bond motifs is 1. The van der Waals surface area contributed by atoms with Crippen LogP contribution in [0.4, 0.5) is 13.2 Å². The first-order chi connectivity index (χ1) is 9.87. The maximum absolute atomic E-state index is 12.2. The molecule has 0 spiro atoms. The van der Waals surface area contributed by atoms with E-state index in [-0.39, 0.29) is 5.92 Å². The summed E-state index contributed by atoms with van der Waals surface area (Å²) in [5.41, 5.74) is 1.73. The highest BCUT2D eigenvalue weighted by Gasteiger charge is 2.27. The second kappa shape index (κ2) is 6.60. The average molecular weight is 303 g/mol. The molecule has 0 unspecified atom stereocenters. The first-order valence-electron chi connectivity index (χ1n) is 7.17. The Morgan fingerprint density at radius 3 is 2.57 bits per heavy atom. The second-order valence-corrected chi connectivity index (χ2v) is 5.43. The number of nitrogens with zero attached hydrogens (tertiary/aromatic N) is 2. The van der Waals surface area contributed by atoms with Crippen LogP contribution in [0.5, 0.6) is 5.88 Å². The van der Waals surface area contributed by atoms with E-state index in [2.05, 4.69) is 15.3 Å². The Balaban J connectivity index is 2.22. The van der Waals surface area contributed by atoms with E-state index in [1.54, 1.807) is 0 Å². The molecule has 2 heterocycles. The lowest BCUT2D eigenvalue weighted by Crippen LogP contribution is -2.16. The number of ether oxygens (including phenoxy) is 1. The van der Waals surface area contributed by atoms with Gasteiger partial charge in [0.2, 0.25) is 5.88 Å². The number of hydrogen-bond donors (Lipinski definition) is 1. The molecule has 0 saturated carbocycles. The van der Waals surface area contributed by atoms with Crippen molar-refractivity contribution in [3.63, 3.8) is 0 Å². The van der Waals surface area contributed by atoms with E-state index >= 15 is 0 Å². The van der Waals surface area contributed by atoms with Crippen LogP contribution >= 0.6 is 0 Å². The van der Waals surface area contributed by atoms with Crippen molar-refractivity contribution in [2.45, 2.75) is 45.2 Å². The molecule has 0 radical (unpaired) electrons. The molecule has 0 bridgehead atoms. The summed E-state index contributed by atoms with van der Waals surface area (Å²) >= 11 is 0. The normalized spacial score (nSPS) is 15.7. The quantitative estimate of drug-likeness (QED) is 0.929. The molecule has 0 atom stereocenters. The van der Waals surface area contributed by atoms with Crippen molar-refractivity contribution < 1.29 is 17.9 Å². The summed E-state index contributed by atoms with van der Waals surface area (Å²) in [4.78, 5) is 8.86. The summed E-state index contributed by atoms with van der Waals surface area (Å²) in [5, 5.41) is 3.25. The summed E-state index contributed by atoms with van der Waals surface area (Å²) in [7, 11) is 0. The zero-order valence-corrected chi connectivity index (χ0v) is 12.3. The molecular weight excluding hydrogens is 283 g/mol. The molecule has 4 nitrogen and oxygen atoms in total. The van der Waals surface area contributed by atoms with Gasteiger partial charge in [0, 0.05) is 24.4 Å². The van der Waals surface area contributed by atoms with Gasteiger partial charge in [-0.3, -0.25) is 0 Å². The van der Waals surface area contributed by atoms with Crippen molar-refractivity contribution in [2.24, 2.45) is 0 Å². The number of rotatable bonds is 4. The van der Waals surface area contributed by atoms with Gasteiger partial charge in [0.1, 0.15) is 5.82 Å². The highest BCUT2D eigenvalue weighted by Crippen LogP contribution is 2.26. The van der Waals surface area contributed by atoms with Crippen molar-refractivity contribution in [3.8, 4) is 5.88 Å². The Morgan fingerprint density at radius 1 is 1.19 bits per heavy atom. The van der Waals surface area contributed by atoms with Crippen molar-refractivity contribution in [1.82, 2.24) is 15.3 Å². The average Bonchev–Trinajstić information content (AvgIpc) is 2.62. The first kappa shape index (κ1) is 16.0. The van der Waals surface area contributed by atoms with Crippen LogP contribution in [-0.2, 0) is 12.8 Å². The molecule has 0 aromatic carbocycles. The Labute approximate surface area is 122 Å². The lowest BCUT2D eigenvalue weighted by Gasteiger charge is -2.15. The van der Waals surface area contributed by atoms with Gasteiger partial charge in [-0.2, -0.15) is 18.2 Å².